The zero-order valence-corrected chi connectivity index (χ0v) is 9.49. The monoisotopic (exact) mass is 203 g/mol. The van der Waals surface area contributed by atoms with Crippen molar-refractivity contribution in [3.8, 4) is 0 Å². The van der Waals surface area contributed by atoms with Crippen LogP contribution >= 0.6 is 0 Å². The summed E-state index contributed by atoms with van der Waals surface area (Å²) >= 11 is 0. The molecule has 0 aliphatic carbocycles. The number of aromatic nitrogens is 1. The lowest BCUT2D eigenvalue weighted by atomic mass is 10.3. The maximum Gasteiger partial charge on any atom is 0.0686 e. The van der Waals surface area contributed by atoms with Crippen molar-refractivity contribution < 1.29 is 0 Å². The number of anilines is 1. The van der Waals surface area contributed by atoms with Crippen LogP contribution in [-0.4, -0.2) is 23.4 Å². The van der Waals surface area contributed by atoms with Crippen molar-refractivity contribution in [2.24, 2.45) is 0 Å². The van der Waals surface area contributed by atoms with E-state index >= 15 is 0 Å². The summed E-state index contributed by atoms with van der Waals surface area (Å²) in [5.41, 5.74) is 10.4. The normalized spacial score (nSPS) is 11.5. The van der Waals surface area contributed by atoms with Crippen LogP contribution in [0.25, 0.3) is 5.52 Å². The van der Waals surface area contributed by atoms with Crippen LogP contribution in [0.4, 0.5) is 5.69 Å². The van der Waals surface area contributed by atoms with Gasteiger partial charge in [0, 0.05) is 17.9 Å². The summed E-state index contributed by atoms with van der Waals surface area (Å²) in [6.07, 6.45) is 0. The number of nitrogen functional groups attached to an aromatic ring is 1. The highest BCUT2D eigenvalue weighted by molar-refractivity contribution is 5.72. The lowest BCUT2D eigenvalue weighted by Gasteiger charge is -2.11. The van der Waals surface area contributed by atoms with Crippen LogP contribution in [0.2, 0.25) is 0 Å². The van der Waals surface area contributed by atoms with E-state index in [9.17, 15) is 0 Å². The topological polar surface area (TPSA) is 33.7 Å². The Labute approximate surface area is 90.1 Å². The molecule has 2 N–H and O–H groups in total. The molecular weight excluding hydrogens is 186 g/mol. The molecule has 0 bridgehead atoms. The second-order valence-electron chi connectivity index (χ2n) is 4.22. The number of nitrogens with two attached hydrogens (primary N) is 1. The zero-order chi connectivity index (χ0) is 11.0. The largest absolute Gasteiger partial charge is 0.397 e. The molecule has 2 aromatic heterocycles. The quantitative estimate of drug-likeness (QED) is 0.808. The minimum absolute atomic E-state index is 0.857. The van der Waals surface area contributed by atoms with E-state index in [2.05, 4.69) is 48.5 Å². The molecule has 0 spiro atoms. The summed E-state index contributed by atoms with van der Waals surface area (Å²) in [6.45, 7) is 3.01. The van der Waals surface area contributed by atoms with Crippen LogP contribution in [0.1, 0.15) is 11.4 Å². The number of aryl methyl sites for hydroxylation is 1. The van der Waals surface area contributed by atoms with E-state index in [-0.39, 0.29) is 0 Å². The van der Waals surface area contributed by atoms with E-state index in [0.29, 0.717) is 0 Å². The Morgan fingerprint density at radius 1 is 1.33 bits per heavy atom. The average molecular weight is 203 g/mol. The van der Waals surface area contributed by atoms with Gasteiger partial charge in [-0.25, -0.2) is 0 Å². The molecule has 0 radical (unpaired) electrons. The number of hydrogen-bond acceptors (Lipinski definition) is 2. The fourth-order valence-electron chi connectivity index (χ4n) is 1.98. The minimum atomic E-state index is 0.857. The van der Waals surface area contributed by atoms with Crippen molar-refractivity contribution in [3.05, 3.63) is 35.7 Å². The van der Waals surface area contributed by atoms with Crippen molar-refractivity contribution in [2.75, 3.05) is 19.8 Å². The molecule has 80 valence electrons. The van der Waals surface area contributed by atoms with Gasteiger partial charge in [0.15, 0.2) is 0 Å². The summed E-state index contributed by atoms with van der Waals surface area (Å²) in [5.74, 6) is 0. The average Bonchev–Trinajstić information content (AvgIpc) is 2.44. The van der Waals surface area contributed by atoms with Crippen LogP contribution in [0.3, 0.4) is 0 Å². The SMILES string of the molecule is Cc1cccc2c(N)cc(CN(C)C)n12. The van der Waals surface area contributed by atoms with Gasteiger partial charge in [0.05, 0.1) is 11.2 Å². The summed E-state index contributed by atoms with van der Waals surface area (Å²) in [6, 6.07) is 8.26. The summed E-state index contributed by atoms with van der Waals surface area (Å²) < 4.78 is 2.22. The maximum absolute atomic E-state index is 5.98. The van der Waals surface area contributed by atoms with Crippen molar-refractivity contribution in [2.45, 2.75) is 13.5 Å². The van der Waals surface area contributed by atoms with Crippen molar-refractivity contribution in [3.63, 3.8) is 0 Å². The Morgan fingerprint density at radius 2 is 2.07 bits per heavy atom. The van der Waals surface area contributed by atoms with E-state index in [4.69, 9.17) is 5.73 Å². The smallest absolute Gasteiger partial charge is 0.0686 e. The van der Waals surface area contributed by atoms with Crippen LogP contribution in [-0.2, 0) is 6.54 Å². The first-order valence-electron chi connectivity index (χ1n) is 5.10. The molecular formula is C12H17N3. The van der Waals surface area contributed by atoms with E-state index < -0.39 is 0 Å². The number of nitrogens with zero attached hydrogens (tertiary/aromatic N) is 2. The molecule has 0 aliphatic heterocycles. The molecule has 3 nitrogen and oxygen atoms in total. The van der Waals surface area contributed by atoms with Gasteiger partial charge in [0.2, 0.25) is 0 Å². The first kappa shape index (κ1) is 10.1. The number of pyridine rings is 1. The Hall–Kier alpha value is -1.48. The van der Waals surface area contributed by atoms with E-state index in [1.54, 1.807) is 0 Å². The first-order chi connectivity index (χ1) is 7.09. The predicted molar refractivity (Wildman–Crippen MR) is 63.9 cm³/mol. The Bertz CT molecular complexity index is 483. The molecule has 0 aromatic carbocycles. The van der Waals surface area contributed by atoms with Gasteiger partial charge in [0.1, 0.15) is 0 Å². The van der Waals surface area contributed by atoms with Gasteiger partial charge in [-0.1, -0.05) is 6.07 Å². The third-order valence-electron chi connectivity index (χ3n) is 2.57. The molecule has 0 amide bonds. The number of rotatable bonds is 2. The maximum atomic E-state index is 5.98. The summed E-state index contributed by atoms with van der Waals surface area (Å²) in [7, 11) is 4.13. The van der Waals surface area contributed by atoms with Gasteiger partial charge in [-0.2, -0.15) is 0 Å². The summed E-state index contributed by atoms with van der Waals surface area (Å²) in [4.78, 5) is 2.15. The molecule has 0 aliphatic rings. The fraction of sp³-hybridized carbons (Fsp3) is 0.333. The van der Waals surface area contributed by atoms with Crippen molar-refractivity contribution in [1.29, 1.82) is 0 Å². The van der Waals surface area contributed by atoms with E-state index in [0.717, 1.165) is 17.7 Å². The predicted octanol–water partition coefficient (Wildman–Crippen LogP) is 1.89. The van der Waals surface area contributed by atoms with Crippen LogP contribution < -0.4 is 5.73 Å². The van der Waals surface area contributed by atoms with Gasteiger partial charge in [-0.3, -0.25) is 0 Å². The van der Waals surface area contributed by atoms with Crippen LogP contribution in [0.15, 0.2) is 24.3 Å². The molecule has 15 heavy (non-hydrogen) atoms. The molecule has 3 heteroatoms. The lowest BCUT2D eigenvalue weighted by molar-refractivity contribution is 0.395. The Balaban J connectivity index is 2.65. The first-order valence-corrected chi connectivity index (χ1v) is 5.10. The van der Waals surface area contributed by atoms with E-state index in [1.165, 1.54) is 11.4 Å². The molecule has 0 fully saturated rings. The second-order valence-corrected chi connectivity index (χ2v) is 4.22. The van der Waals surface area contributed by atoms with Crippen LogP contribution in [0, 0.1) is 6.92 Å². The van der Waals surface area contributed by atoms with Gasteiger partial charge in [-0.15, -0.1) is 0 Å². The molecule has 0 saturated heterocycles. The zero-order valence-electron chi connectivity index (χ0n) is 9.49. The molecule has 2 heterocycles. The van der Waals surface area contributed by atoms with Crippen molar-refractivity contribution >= 4 is 11.2 Å². The highest BCUT2D eigenvalue weighted by Gasteiger charge is 2.08. The van der Waals surface area contributed by atoms with Crippen molar-refractivity contribution in [1.82, 2.24) is 9.30 Å². The van der Waals surface area contributed by atoms with Crippen LogP contribution in [0.5, 0.6) is 0 Å². The van der Waals surface area contributed by atoms with Gasteiger partial charge >= 0.3 is 0 Å². The van der Waals surface area contributed by atoms with Gasteiger partial charge in [-0.05, 0) is 39.2 Å². The highest BCUT2D eigenvalue weighted by atomic mass is 15.1. The standard InChI is InChI=1S/C12H17N3/c1-9-5-4-6-12-11(13)7-10(15(9)12)8-14(2)3/h4-7H,8,13H2,1-3H3. The highest BCUT2D eigenvalue weighted by Crippen LogP contribution is 2.21. The van der Waals surface area contributed by atoms with E-state index in [1.807, 2.05) is 6.07 Å². The third-order valence-corrected chi connectivity index (χ3v) is 2.57. The summed E-state index contributed by atoms with van der Waals surface area (Å²) in [5, 5.41) is 0. The number of fused-ring (bicyclic) bond motifs is 1. The van der Waals surface area contributed by atoms with Gasteiger partial charge < -0.3 is 15.0 Å². The lowest BCUT2D eigenvalue weighted by Crippen LogP contribution is -2.12. The molecule has 0 saturated carbocycles. The minimum Gasteiger partial charge on any atom is -0.397 e. The molecule has 0 unspecified atom stereocenters. The Morgan fingerprint density at radius 3 is 2.73 bits per heavy atom. The second kappa shape index (κ2) is 3.59. The fourth-order valence-corrected chi connectivity index (χ4v) is 1.98. The third kappa shape index (κ3) is 1.70. The molecule has 2 rings (SSSR count). The van der Waals surface area contributed by atoms with Gasteiger partial charge in [0.25, 0.3) is 0 Å². The number of hydrogen-bond donors (Lipinski definition) is 1. The molecule has 2 aromatic rings. The Kier molecular flexibility index (Phi) is 2.40. The molecule has 0 atom stereocenters.